The van der Waals surface area contributed by atoms with Crippen LogP contribution in [0.5, 0.6) is 5.88 Å². The molecule has 4 N–H and O–H groups in total. The van der Waals surface area contributed by atoms with Crippen LogP contribution in [0.4, 0.5) is 0 Å². The lowest BCUT2D eigenvalue weighted by atomic mass is 10.1. The fraction of sp³-hybridized carbons (Fsp3) is 0.200. The van der Waals surface area contributed by atoms with Gasteiger partial charge in [-0.05, 0) is 17.3 Å². The number of hydrogen-bond acceptors (Lipinski definition) is 5. The summed E-state index contributed by atoms with van der Waals surface area (Å²) in [5, 5.41) is 4.30. The summed E-state index contributed by atoms with van der Waals surface area (Å²) in [6.07, 6.45) is 0. The third kappa shape index (κ3) is 2.04. The van der Waals surface area contributed by atoms with E-state index in [-0.39, 0.29) is 23.1 Å². The molecule has 2 aromatic rings. The zero-order valence-electron chi connectivity index (χ0n) is 8.77. The number of ether oxygens (including phenoxy) is 1. The van der Waals surface area contributed by atoms with Gasteiger partial charge in [-0.2, -0.15) is 0 Å². The van der Waals surface area contributed by atoms with E-state index in [1.165, 1.54) is 6.07 Å². The quantitative estimate of drug-likeness (QED) is 0.845. The van der Waals surface area contributed by atoms with E-state index in [4.69, 9.17) is 32.3 Å². The number of hydrogen-bond donors (Lipinski definition) is 2. The molecule has 0 fully saturated rings. The molecule has 17 heavy (non-hydrogen) atoms. The highest BCUT2D eigenvalue weighted by Crippen LogP contribution is 2.32. The zero-order chi connectivity index (χ0) is 12.4. The van der Waals surface area contributed by atoms with Crippen molar-refractivity contribution in [2.45, 2.75) is 0 Å². The average Bonchev–Trinajstić information content (AvgIpc) is 2.68. The Morgan fingerprint density at radius 3 is 2.94 bits per heavy atom. The molecule has 1 aromatic heterocycles. The summed E-state index contributed by atoms with van der Waals surface area (Å²) in [7, 11) is 0. The maximum atomic E-state index is 11.3. The van der Waals surface area contributed by atoms with E-state index in [9.17, 15) is 4.79 Å². The molecular weight excluding hydrogens is 246 g/mol. The lowest BCUT2D eigenvalue weighted by Crippen LogP contribution is -2.14. The van der Waals surface area contributed by atoms with Gasteiger partial charge in [0.05, 0.1) is 16.0 Å². The number of benzene rings is 1. The molecule has 7 heteroatoms. The fourth-order valence-electron chi connectivity index (χ4n) is 1.48. The van der Waals surface area contributed by atoms with Crippen LogP contribution in [0.15, 0.2) is 16.7 Å². The van der Waals surface area contributed by atoms with Crippen LogP contribution in [0.1, 0.15) is 10.4 Å². The Kier molecular flexibility index (Phi) is 3.16. The second-order valence-electron chi connectivity index (χ2n) is 3.28. The predicted molar refractivity (Wildman–Crippen MR) is 62.1 cm³/mol. The topological polar surface area (TPSA) is 104 Å². The van der Waals surface area contributed by atoms with Gasteiger partial charge < -0.3 is 20.7 Å². The van der Waals surface area contributed by atoms with E-state index < -0.39 is 5.91 Å². The monoisotopic (exact) mass is 255 g/mol. The molecular formula is C10H10ClN3O3. The number of fused-ring (bicyclic) bond motifs is 1. The van der Waals surface area contributed by atoms with E-state index in [0.717, 1.165) is 0 Å². The van der Waals surface area contributed by atoms with Crippen LogP contribution in [0.2, 0.25) is 5.02 Å². The third-order valence-corrected chi connectivity index (χ3v) is 2.48. The maximum Gasteiger partial charge on any atom is 0.263 e. The number of primary amides is 1. The van der Waals surface area contributed by atoms with Gasteiger partial charge in [-0.1, -0.05) is 11.6 Å². The van der Waals surface area contributed by atoms with Crippen LogP contribution in [-0.4, -0.2) is 24.2 Å². The van der Waals surface area contributed by atoms with Crippen molar-refractivity contribution < 1.29 is 14.1 Å². The highest BCUT2D eigenvalue weighted by molar-refractivity contribution is 6.35. The molecule has 0 aliphatic carbocycles. The Labute approximate surface area is 101 Å². The summed E-state index contributed by atoms with van der Waals surface area (Å²) in [5.41, 5.74) is 11.1. The van der Waals surface area contributed by atoms with Crippen molar-refractivity contribution in [2.24, 2.45) is 11.5 Å². The highest BCUT2D eigenvalue weighted by Gasteiger charge is 2.20. The molecule has 0 bridgehead atoms. The lowest BCUT2D eigenvalue weighted by Gasteiger charge is -2.03. The smallest absolute Gasteiger partial charge is 0.263 e. The van der Waals surface area contributed by atoms with Crippen molar-refractivity contribution in [3.63, 3.8) is 0 Å². The summed E-state index contributed by atoms with van der Waals surface area (Å²) in [5.74, 6) is -0.497. The van der Waals surface area contributed by atoms with Crippen molar-refractivity contribution >= 4 is 28.5 Å². The SMILES string of the molecule is NCCOc1noc2ccc(Cl)c(C(N)=O)c12. The second kappa shape index (κ2) is 4.60. The average molecular weight is 256 g/mol. The number of aromatic nitrogens is 1. The normalized spacial score (nSPS) is 10.7. The van der Waals surface area contributed by atoms with E-state index in [1.54, 1.807) is 6.07 Å². The highest BCUT2D eigenvalue weighted by atomic mass is 35.5. The second-order valence-corrected chi connectivity index (χ2v) is 3.69. The number of halogens is 1. The van der Waals surface area contributed by atoms with E-state index in [0.29, 0.717) is 17.5 Å². The van der Waals surface area contributed by atoms with Crippen LogP contribution >= 0.6 is 11.6 Å². The van der Waals surface area contributed by atoms with Gasteiger partial charge in [0.2, 0.25) is 0 Å². The number of nitrogens with zero attached hydrogens (tertiary/aromatic N) is 1. The number of amides is 1. The van der Waals surface area contributed by atoms with Crippen LogP contribution in [0.3, 0.4) is 0 Å². The summed E-state index contributed by atoms with van der Waals surface area (Å²) in [4.78, 5) is 11.3. The number of carbonyl (C=O) groups is 1. The Morgan fingerprint density at radius 1 is 1.53 bits per heavy atom. The molecule has 0 radical (unpaired) electrons. The molecule has 1 amide bonds. The molecule has 0 aliphatic heterocycles. The Bertz CT molecular complexity index is 567. The van der Waals surface area contributed by atoms with E-state index >= 15 is 0 Å². The summed E-state index contributed by atoms with van der Waals surface area (Å²) in [6.45, 7) is 0.577. The zero-order valence-corrected chi connectivity index (χ0v) is 9.53. The van der Waals surface area contributed by atoms with Gasteiger partial charge in [0.25, 0.3) is 11.8 Å². The van der Waals surface area contributed by atoms with Crippen LogP contribution < -0.4 is 16.2 Å². The molecule has 90 valence electrons. The largest absolute Gasteiger partial charge is 0.474 e. The van der Waals surface area contributed by atoms with Gasteiger partial charge in [0.15, 0.2) is 5.58 Å². The maximum absolute atomic E-state index is 11.3. The van der Waals surface area contributed by atoms with Crippen LogP contribution in [-0.2, 0) is 0 Å². The third-order valence-electron chi connectivity index (χ3n) is 2.16. The fourth-order valence-corrected chi connectivity index (χ4v) is 1.73. The summed E-state index contributed by atoms with van der Waals surface area (Å²) < 4.78 is 10.3. The minimum absolute atomic E-state index is 0.137. The van der Waals surface area contributed by atoms with Gasteiger partial charge in [-0.3, -0.25) is 4.79 Å². The Hall–Kier alpha value is -1.79. The molecule has 6 nitrogen and oxygen atoms in total. The minimum atomic E-state index is -0.665. The number of carbonyl (C=O) groups excluding carboxylic acids is 1. The van der Waals surface area contributed by atoms with Crippen molar-refractivity contribution in [3.05, 3.63) is 22.7 Å². The summed E-state index contributed by atoms with van der Waals surface area (Å²) in [6, 6.07) is 3.11. The molecule has 1 heterocycles. The standard InChI is InChI=1S/C10H10ClN3O3/c11-5-1-2-6-8(7(5)9(13)15)10(14-17-6)16-4-3-12/h1-2H,3-4,12H2,(H2,13,15). The summed E-state index contributed by atoms with van der Waals surface area (Å²) >= 11 is 5.91. The van der Waals surface area contributed by atoms with Gasteiger partial charge in [0.1, 0.15) is 6.61 Å². The van der Waals surface area contributed by atoms with E-state index in [1.807, 2.05) is 0 Å². The minimum Gasteiger partial charge on any atom is -0.474 e. The molecule has 0 spiro atoms. The first-order valence-corrected chi connectivity index (χ1v) is 5.23. The van der Waals surface area contributed by atoms with E-state index in [2.05, 4.69) is 5.16 Å². The number of nitrogens with two attached hydrogens (primary N) is 2. The van der Waals surface area contributed by atoms with Gasteiger partial charge in [-0.25, -0.2) is 0 Å². The molecule has 0 saturated heterocycles. The number of rotatable bonds is 4. The molecule has 0 atom stereocenters. The first-order chi connectivity index (χ1) is 8.15. The van der Waals surface area contributed by atoms with Crippen molar-refractivity contribution in [1.29, 1.82) is 0 Å². The molecule has 1 aromatic carbocycles. The Balaban J connectivity index is 2.63. The van der Waals surface area contributed by atoms with Gasteiger partial charge >= 0.3 is 0 Å². The molecule has 0 saturated carbocycles. The van der Waals surface area contributed by atoms with Crippen LogP contribution in [0.25, 0.3) is 11.0 Å². The molecule has 0 unspecified atom stereocenters. The molecule has 0 aliphatic rings. The first kappa shape index (κ1) is 11.7. The van der Waals surface area contributed by atoms with Crippen molar-refractivity contribution in [3.8, 4) is 5.88 Å². The van der Waals surface area contributed by atoms with Gasteiger partial charge in [-0.15, -0.1) is 0 Å². The lowest BCUT2D eigenvalue weighted by molar-refractivity contribution is 0.100. The first-order valence-electron chi connectivity index (χ1n) is 4.85. The Morgan fingerprint density at radius 2 is 2.29 bits per heavy atom. The molecule has 2 rings (SSSR count). The van der Waals surface area contributed by atoms with Gasteiger partial charge in [0, 0.05) is 6.54 Å². The van der Waals surface area contributed by atoms with Crippen LogP contribution in [0, 0.1) is 0 Å². The van der Waals surface area contributed by atoms with Crippen molar-refractivity contribution in [1.82, 2.24) is 5.16 Å². The van der Waals surface area contributed by atoms with Crippen molar-refractivity contribution in [2.75, 3.05) is 13.2 Å². The predicted octanol–water partition coefficient (Wildman–Crippen LogP) is 0.918.